The number of hydrogen-bond acceptors (Lipinski definition) is 5. The summed E-state index contributed by atoms with van der Waals surface area (Å²) in [6.45, 7) is 9.41. The predicted octanol–water partition coefficient (Wildman–Crippen LogP) is 1.97. The van der Waals surface area contributed by atoms with Crippen molar-refractivity contribution in [3.05, 3.63) is 11.9 Å². The van der Waals surface area contributed by atoms with Crippen molar-refractivity contribution in [1.29, 1.82) is 0 Å². The first-order valence-corrected chi connectivity index (χ1v) is 6.51. The fraction of sp³-hybridized carbons (Fsp3) is 0.692. The molecule has 0 saturated heterocycles. The van der Waals surface area contributed by atoms with Crippen molar-refractivity contribution in [1.82, 2.24) is 9.97 Å². The van der Waals surface area contributed by atoms with E-state index in [1.165, 1.54) is 0 Å². The van der Waals surface area contributed by atoms with Gasteiger partial charge in [0.2, 0.25) is 5.88 Å². The fourth-order valence-corrected chi connectivity index (χ4v) is 1.78. The van der Waals surface area contributed by atoms with E-state index in [1.54, 1.807) is 0 Å². The standard InChI is InChI=1S/C13H24N4O/c1-5-18-13-8-12(15-10(4)16-13)17-11(6-7-14)9(2)3/h8-9,11H,5-7,14H2,1-4H3,(H,15,16,17). The molecule has 0 aromatic carbocycles. The van der Waals surface area contributed by atoms with Crippen LogP contribution in [0.1, 0.15) is 33.0 Å². The SMILES string of the molecule is CCOc1cc(NC(CCN)C(C)C)nc(C)n1. The highest BCUT2D eigenvalue weighted by Crippen LogP contribution is 2.17. The Morgan fingerprint density at radius 2 is 2.11 bits per heavy atom. The monoisotopic (exact) mass is 252 g/mol. The molecular formula is C13H24N4O. The average Bonchev–Trinajstić information content (AvgIpc) is 2.28. The fourth-order valence-electron chi connectivity index (χ4n) is 1.78. The number of nitrogens with zero attached hydrogens (tertiary/aromatic N) is 2. The van der Waals surface area contributed by atoms with E-state index < -0.39 is 0 Å². The minimum absolute atomic E-state index is 0.318. The number of nitrogens with two attached hydrogens (primary N) is 1. The molecule has 102 valence electrons. The van der Waals surface area contributed by atoms with Gasteiger partial charge in [-0.15, -0.1) is 0 Å². The van der Waals surface area contributed by atoms with Crippen LogP contribution in [-0.4, -0.2) is 29.2 Å². The minimum Gasteiger partial charge on any atom is -0.478 e. The number of rotatable bonds is 7. The van der Waals surface area contributed by atoms with E-state index in [0.717, 1.165) is 12.2 Å². The molecule has 1 atom stereocenters. The van der Waals surface area contributed by atoms with Gasteiger partial charge in [0.25, 0.3) is 0 Å². The lowest BCUT2D eigenvalue weighted by atomic mass is 10.0. The quantitative estimate of drug-likeness (QED) is 0.776. The molecule has 5 heteroatoms. The normalized spacial score (nSPS) is 12.6. The van der Waals surface area contributed by atoms with Gasteiger partial charge in [-0.3, -0.25) is 0 Å². The summed E-state index contributed by atoms with van der Waals surface area (Å²) in [5.41, 5.74) is 5.63. The number of anilines is 1. The van der Waals surface area contributed by atoms with Crippen LogP contribution < -0.4 is 15.8 Å². The summed E-state index contributed by atoms with van der Waals surface area (Å²) < 4.78 is 5.41. The van der Waals surface area contributed by atoms with Crippen LogP contribution in [0.15, 0.2) is 6.07 Å². The molecule has 1 heterocycles. The molecule has 1 rings (SSSR count). The second-order valence-electron chi connectivity index (χ2n) is 4.64. The number of hydrogen-bond donors (Lipinski definition) is 2. The Kier molecular flexibility index (Phi) is 5.85. The van der Waals surface area contributed by atoms with E-state index >= 15 is 0 Å². The molecule has 1 aromatic heterocycles. The van der Waals surface area contributed by atoms with Gasteiger partial charge in [0.15, 0.2) is 0 Å². The minimum atomic E-state index is 0.318. The molecule has 0 bridgehead atoms. The zero-order chi connectivity index (χ0) is 13.5. The number of aryl methyl sites for hydroxylation is 1. The van der Waals surface area contributed by atoms with Gasteiger partial charge in [0.05, 0.1) is 6.61 Å². The molecule has 0 fully saturated rings. The van der Waals surface area contributed by atoms with Crippen molar-refractivity contribution >= 4 is 5.82 Å². The summed E-state index contributed by atoms with van der Waals surface area (Å²) in [5, 5.41) is 3.41. The highest BCUT2D eigenvalue weighted by molar-refractivity contribution is 5.39. The zero-order valence-corrected chi connectivity index (χ0v) is 11.7. The first-order chi connectivity index (χ1) is 8.56. The Labute approximate surface area is 109 Å². The summed E-state index contributed by atoms with van der Waals surface area (Å²) in [4.78, 5) is 8.60. The molecule has 1 aromatic rings. The number of nitrogens with one attached hydrogen (secondary N) is 1. The largest absolute Gasteiger partial charge is 0.478 e. The summed E-state index contributed by atoms with van der Waals surface area (Å²) in [6, 6.07) is 2.15. The van der Waals surface area contributed by atoms with Crippen molar-refractivity contribution in [2.75, 3.05) is 18.5 Å². The van der Waals surface area contributed by atoms with Crippen LogP contribution in [0.2, 0.25) is 0 Å². The first-order valence-electron chi connectivity index (χ1n) is 6.51. The van der Waals surface area contributed by atoms with Gasteiger partial charge in [-0.1, -0.05) is 13.8 Å². The maximum absolute atomic E-state index is 5.63. The third kappa shape index (κ3) is 4.49. The van der Waals surface area contributed by atoms with Crippen molar-refractivity contribution < 1.29 is 4.74 Å². The third-order valence-electron chi connectivity index (χ3n) is 2.72. The van der Waals surface area contributed by atoms with Crippen LogP contribution in [-0.2, 0) is 0 Å². The van der Waals surface area contributed by atoms with E-state index in [1.807, 2.05) is 19.9 Å². The summed E-state index contributed by atoms with van der Waals surface area (Å²) >= 11 is 0. The van der Waals surface area contributed by atoms with E-state index in [2.05, 4.69) is 29.1 Å². The maximum atomic E-state index is 5.63. The Morgan fingerprint density at radius 3 is 2.67 bits per heavy atom. The lowest BCUT2D eigenvalue weighted by molar-refractivity contribution is 0.325. The molecule has 18 heavy (non-hydrogen) atoms. The van der Waals surface area contributed by atoms with Gasteiger partial charge in [0, 0.05) is 12.1 Å². The Balaban J connectivity index is 2.81. The van der Waals surface area contributed by atoms with Gasteiger partial charge < -0.3 is 15.8 Å². The van der Waals surface area contributed by atoms with Gasteiger partial charge in [-0.2, -0.15) is 4.98 Å². The van der Waals surface area contributed by atoms with Crippen molar-refractivity contribution in [2.45, 2.75) is 40.2 Å². The van der Waals surface area contributed by atoms with Gasteiger partial charge in [-0.05, 0) is 32.7 Å². The second-order valence-corrected chi connectivity index (χ2v) is 4.64. The van der Waals surface area contributed by atoms with Crippen LogP contribution >= 0.6 is 0 Å². The second kappa shape index (κ2) is 7.16. The van der Waals surface area contributed by atoms with Crippen LogP contribution in [0, 0.1) is 12.8 Å². The van der Waals surface area contributed by atoms with E-state index in [4.69, 9.17) is 10.5 Å². The van der Waals surface area contributed by atoms with Crippen LogP contribution in [0.4, 0.5) is 5.82 Å². The maximum Gasteiger partial charge on any atom is 0.218 e. The molecular weight excluding hydrogens is 228 g/mol. The molecule has 0 aliphatic carbocycles. The molecule has 0 amide bonds. The molecule has 0 aliphatic rings. The Hall–Kier alpha value is -1.36. The summed E-state index contributed by atoms with van der Waals surface area (Å²) in [5.74, 6) is 2.62. The molecule has 1 unspecified atom stereocenters. The molecule has 0 aliphatic heterocycles. The van der Waals surface area contributed by atoms with Crippen molar-refractivity contribution in [2.24, 2.45) is 11.7 Å². The van der Waals surface area contributed by atoms with Crippen LogP contribution in [0.3, 0.4) is 0 Å². The predicted molar refractivity (Wildman–Crippen MR) is 73.9 cm³/mol. The third-order valence-corrected chi connectivity index (χ3v) is 2.72. The molecule has 0 radical (unpaired) electrons. The van der Waals surface area contributed by atoms with E-state index in [9.17, 15) is 0 Å². The zero-order valence-electron chi connectivity index (χ0n) is 11.7. The lowest BCUT2D eigenvalue weighted by Gasteiger charge is -2.22. The molecule has 0 saturated carbocycles. The van der Waals surface area contributed by atoms with Gasteiger partial charge >= 0.3 is 0 Å². The Bertz CT molecular complexity index is 368. The van der Waals surface area contributed by atoms with Crippen molar-refractivity contribution in [3.63, 3.8) is 0 Å². The van der Waals surface area contributed by atoms with E-state index in [-0.39, 0.29) is 0 Å². The Morgan fingerprint density at radius 1 is 1.39 bits per heavy atom. The topological polar surface area (TPSA) is 73.1 Å². The summed E-state index contributed by atoms with van der Waals surface area (Å²) in [6.07, 6.45) is 0.921. The molecule has 3 N–H and O–H groups in total. The first kappa shape index (κ1) is 14.7. The van der Waals surface area contributed by atoms with Crippen LogP contribution in [0.25, 0.3) is 0 Å². The average molecular weight is 252 g/mol. The highest BCUT2D eigenvalue weighted by Gasteiger charge is 2.13. The van der Waals surface area contributed by atoms with Gasteiger partial charge in [0.1, 0.15) is 11.6 Å². The lowest BCUT2D eigenvalue weighted by Crippen LogP contribution is -2.29. The highest BCUT2D eigenvalue weighted by atomic mass is 16.5. The van der Waals surface area contributed by atoms with Gasteiger partial charge in [-0.25, -0.2) is 4.98 Å². The molecule has 0 spiro atoms. The number of aromatic nitrogens is 2. The van der Waals surface area contributed by atoms with E-state index in [0.29, 0.717) is 36.8 Å². The van der Waals surface area contributed by atoms with Crippen molar-refractivity contribution in [3.8, 4) is 5.88 Å². The summed E-state index contributed by atoms with van der Waals surface area (Å²) in [7, 11) is 0. The van der Waals surface area contributed by atoms with Crippen LogP contribution in [0.5, 0.6) is 5.88 Å². The number of ether oxygens (including phenoxy) is 1. The smallest absolute Gasteiger partial charge is 0.218 e. The molecule has 5 nitrogen and oxygen atoms in total.